The first-order valence-electron chi connectivity index (χ1n) is 6.24. The Labute approximate surface area is 108 Å². The summed E-state index contributed by atoms with van der Waals surface area (Å²) >= 11 is 0. The Morgan fingerprint density at radius 1 is 1.33 bits per heavy atom. The maximum Gasteiger partial charge on any atom is 0.239 e. The largest absolute Gasteiger partial charge is 0.354 e. The molecule has 0 heterocycles. The summed E-state index contributed by atoms with van der Waals surface area (Å²) in [4.78, 5) is 11.9. The van der Waals surface area contributed by atoms with Crippen molar-refractivity contribution in [2.45, 2.75) is 32.7 Å². The molecule has 0 radical (unpaired) electrons. The van der Waals surface area contributed by atoms with Crippen LogP contribution in [0.15, 0.2) is 24.3 Å². The lowest BCUT2D eigenvalue weighted by molar-refractivity contribution is -0.126. The van der Waals surface area contributed by atoms with Gasteiger partial charge in [0.2, 0.25) is 5.91 Å². The van der Waals surface area contributed by atoms with Gasteiger partial charge in [0.15, 0.2) is 0 Å². The normalized spacial score (nSPS) is 11.3. The maximum atomic E-state index is 13.3. The lowest BCUT2D eigenvalue weighted by atomic mass is 10.0. The highest BCUT2D eigenvalue weighted by Crippen LogP contribution is 2.07. The molecule has 2 N–H and O–H groups in total. The van der Waals surface area contributed by atoms with Crippen molar-refractivity contribution < 1.29 is 9.18 Å². The number of hydrogen-bond donors (Lipinski definition) is 2. The molecule has 0 aliphatic heterocycles. The summed E-state index contributed by atoms with van der Waals surface area (Å²) in [6.45, 7) is 6.78. The van der Waals surface area contributed by atoms with Crippen LogP contribution in [0.3, 0.4) is 0 Å². The summed E-state index contributed by atoms with van der Waals surface area (Å²) in [6.07, 6.45) is 0.501. The number of benzene rings is 1. The zero-order chi connectivity index (χ0) is 13.6. The van der Waals surface area contributed by atoms with Crippen LogP contribution in [-0.4, -0.2) is 24.5 Å². The van der Waals surface area contributed by atoms with E-state index in [1.165, 1.54) is 6.07 Å². The molecule has 0 saturated carbocycles. The Hall–Kier alpha value is -1.42. The number of rotatable bonds is 6. The van der Waals surface area contributed by atoms with E-state index in [4.69, 9.17) is 0 Å². The Morgan fingerprint density at radius 3 is 2.61 bits per heavy atom. The predicted octanol–water partition coefficient (Wildman–Crippen LogP) is 1.87. The van der Waals surface area contributed by atoms with Crippen molar-refractivity contribution in [1.82, 2.24) is 10.6 Å². The first kappa shape index (κ1) is 14.6. The Bertz CT molecular complexity index is 405. The molecule has 0 aliphatic rings. The van der Waals surface area contributed by atoms with E-state index in [-0.39, 0.29) is 11.7 Å². The number of carbonyl (C=O) groups excluding carboxylic acids is 1. The molecule has 4 heteroatoms. The van der Waals surface area contributed by atoms with E-state index >= 15 is 0 Å². The monoisotopic (exact) mass is 252 g/mol. The number of amides is 1. The molecule has 1 rings (SSSR count). The molecule has 1 aromatic rings. The summed E-state index contributed by atoms with van der Waals surface area (Å²) in [7, 11) is 0. The second-order valence-corrected chi connectivity index (χ2v) is 4.75. The van der Waals surface area contributed by atoms with Crippen molar-refractivity contribution in [2.24, 2.45) is 0 Å². The third-order valence-corrected chi connectivity index (χ3v) is 2.82. The van der Waals surface area contributed by atoms with Crippen molar-refractivity contribution in [1.29, 1.82) is 0 Å². The van der Waals surface area contributed by atoms with Gasteiger partial charge < -0.3 is 10.6 Å². The van der Waals surface area contributed by atoms with Gasteiger partial charge in [0, 0.05) is 6.54 Å². The van der Waals surface area contributed by atoms with Crippen LogP contribution in [0.4, 0.5) is 4.39 Å². The van der Waals surface area contributed by atoms with Gasteiger partial charge >= 0.3 is 0 Å². The minimum atomic E-state index is -0.593. The summed E-state index contributed by atoms with van der Waals surface area (Å²) in [6, 6.07) is 6.62. The van der Waals surface area contributed by atoms with E-state index in [0.717, 1.165) is 6.54 Å². The molecule has 0 aromatic heterocycles. The van der Waals surface area contributed by atoms with Crippen LogP contribution >= 0.6 is 0 Å². The van der Waals surface area contributed by atoms with Crippen molar-refractivity contribution >= 4 is 5.91 Å². The molecular weight excluding hydrogens is 231 g/mol. The first-order valence-corrected chi connectivity index (χ1v) is 6.24. The zero-order valence-electron chi connectivity index (χ0n) is 11.2. The van der Waals surface area contributed by atoms with Crippen LogP contribution in [0.25, 0.3) is 0 Å². The molecule has 0 atom stereocenters. The fourth-order valence-corrected chi connectivity index (χ4v) is 1.76. The number of likely N-dealkylation sites (N-methyl/N-ethyl adjacent to an activating group) is 1. The number of carbonyl (C=O) groups is 1. The van der Waals surface area contributed by atoms with Crippen LogP contribution < -0.4 is 10.6 Å². The lowest BCUT2D eigenvalue weighted by Gasteiger charge is -2.24. The molecule has 3 nitrogen and oxygen atoms in total. The molecule has 0 aliphatic carbocycles. The summed E-state index contributed by atoms with van der Waals surface area (Å²) in [5.74, 6) is -0.293. The molecule has 0 unspecified atom stereocenters. The van der Waals surface area contributed by atoms with E-state index < -0.39 is 5.54 Å². The highest BCUT2D eigenvalue weighted by atomic mass is 19.1. The minimum Gasteiger partial charge on any atom is -0.354 e. The highest BCUT2D eigenvalue weighted by Gasteiger charge is 2.25. The molecular formula is C14H21FN2O. The third-order valence-electron chi connectivity index (χ3n) is 2.82. The smallest absolute Gasteiger partial charge is 0.239 e. The van der Waals surface area contributed by atoms with E-state index in [0.29, 0.717) is 18.5 Å². The minimum absolute atomic E-state index is 0.0688. The Kier molecular flexibility index (Phi) is 5.28. The number of halogens is 1. The number of nitrogens with one attached hydrogen (secondary N) is 2. The van der Waals surface area contributed by atoms with Crippen molar-refractivity contribution in [3.63, 3.8) is 0 Å². The molecule has 0 spiro atoms. The van der Waals surface area contributed by atoms with Crippen LogP contribution in [-0.2, 0) is 11.2 Å². The van der Waals surface area contributed by atoms with Crippen molar-refractivity contribution in [3.05, 3.63) is 35.6 Å². The Balaban J connectivity index is 2.43. The topological polar surface area (TPSA) is 41.1 Å². The van der Waals surface area contributed by atoms with E-state index in [1.54, 1.807) is 18.2 Å². The van der Waals surface area contributed by atoms with Crippen molar-refractivity contribution in [3.8, 4) is 0 Å². The van der Waals surface area contributed by atoms with Crippen LogP contribution in [0.5, 0.6) is 0 Å². The average Bonchev–Trinajstić information content (AvgIpc) is 2.31. The third kappa shape index (κ3) is 4.11. The molecule has 18 heavy (non-hydrogen) atoms. The molecule has 1 aromatic carbocycles. The maximum absolute atomic E-state index is 13.3. The molecule has 0 saturated heterocycles. The van der Waals surface area contributed by atoms with Gasteiger partial charge in [-0.05, 0) is 38.4 Å². The van der Waals surface area contributed by atoms with Gasteiger partial charge in [-0.3, -0.25) is 4.79 Å². The molecule has 100 valence electrons. The second kappa shape index (κ2) is 6.50. The van der Waals surface area contributed by atoms with Gasteiger partial charge in [0.25, 0.3) is 0 Å². The fourth-order valence-electron chi connectivity index (χ4n) is 1.76. The fraction of sp³-hybridized carbons (Fsp3) is 0.500. The van der Waals surface area contributed by atoms with Gasteiger partial charge in [-0.1, -0.05) is 25.1 Å². The van der Waals surface area contributed by atoms with Crippen molar-refractivity contribution in [2.75, 3.05) is 13.1 Å². The molecule has 0 fully saturated rings. The first-order chi connectivity index (χ1) is 8.47. The average molecular weight is 252 g/mol. The van der Waals surface area contributed by atoms with Crippen LogP contribution in [0.2, 0.25) is 0 Å². The van der Waals surface area contributed by atoms with Gasteiger partial charge in [0.1, 0.15) is 5.82 Å². The summed E-state index contributed by atoms with van der Waals surface area (Å²) in [5, 5.41) is 5.91. The Morgan fingerprint density at radius 2 is 2.00 bits per heavy atom. The second-order valence-electron chi connectivity index (χ2n) is 4.75. The van der Waals surface area contributed by atoms with Crippen LogP contribution in [0.1, 0.15) is 26.3 Å². The van der Waals surface area contributed by atoms with E-state index in [9.17, 15) is 9.18 Å². The van der Waals surface area contributed by atoms with Gasteiger partial charge in [-0.25, -0.2) is 4.39 Å². The predicted molar refractivity (Wildman–Crippen MR) is 70.9 cm³/mol. The zero-order valence-corrected chi connectivity index (χ0v) is 11.2. The SMILES string of the molecule is CCNC(C)(C)C(=O)NCCc1ccccc1F. The summed E-state index contributed by atoms with van der Waals surface area (Å²) < 4.78 is 13.3. The standard InChI is InChI=1S/C14H21FN2O/c1-4-17-14(2,3)13(18)16-10-9-11-7-5-6-8-12(11)15/h5-8,17H,4,9-10H2,1-3H3,(H,16,18). The summed E-state index contributed by atoms with van der Waals surface area (Å²) in [5.41, 5.74) is 0.0309. The quantitative estimate of drug-likeness (QED) is 0.811. The van der Waals surface area contributed by atoms with Gasteiger partial charge in [-0.15, -0.1) is 0 Å². The van der Waals surface area contributed by atoms with Gasteiger partial charge in [0.05, 0.1) is 5.54 Å². The van der Waals surface area contributed by atoms with E-state index in [2.05, 4.69) is 10.6 Å². The molecule has 1 amide bonds. The highest BCUT2D eigenvalue weighted by molar-refractivity contribution is 5.85. The number of hydrogen-bond acceptors (Lipinski definition) is 2. The molecule has 0 bridgehead atoms. The van der Waals surface area contributed by atoms with E-state index in [1.807, 2.05) is 20.8 Å². The van der Waals surface area contributed by atoms with Gasteiger partial charge in [-0.2, -0.15) is 0 Å². The lowest BCUT2D eigenvalue weighted by Crippen LogP contribution is -2.52. The van der Waals surface area contributed by atoms with Crippen LogP contribution in [0, 0.1) is 5.82 Å².